The van der Waals surface area contributed by atoms with Gasteiger partial charge >= 0.3 is 0 Å². The summed E-state index contributed by atoms with van der Waals surface area (Å²) >= 11 is 0. The van der Waals surface area contributed by atoms with Crippen molar-refractivity contribution in [3.05, 3.63) is 48.0 Å². The largest absolute Gasteiger partial charge is 0.495 e. The minimum Gasteiger partial charge on any atom is -0.495 e. The minimum atomic E-state index is -3.87. The fourth-order valence-corrected chi connectivity index (χ4v) is 5.10. The van der Waals surface area contributed by atoms with Gasteiger partial charge in [-0.1, -0.05) is 17.7 Å². The van der Waals surface area contributed by atoms with Crippen LogP contribution in [0, 0.1) is 6.92 Å². The second kappa shape index (κ2) is 9.77. The quantitative estimate of drug-likeness (QED) is 0.579. The maximum Gasteiger partial charge on any atom is 0.243 e. The molecule has 0 radical (unpaired) electrons. The fourth-order valence-electron chi connectivity index (χ4n) is 2.70. The van der Waals surface area contributed by atoms with E-state index >= 15 is 0 Å². The van der Waals surface area contributed by atoms with Crippen molar-refractivity contribution in [1.29, 1.82) is 0 Å². The lowest BCUT2D eigenvalue weighted by atomic mass is 10.2. The maximum atomic E-state index is 12.7. The first-order valence-corrected chi connectivity index (χ1v) is 12.3. The van der Waals surface area contributed by atoms with Crippen molar-refractivity contribution >= 4 is 31.6 Å². The normalized spacial score (nSPS) is 12.2. The number of carbonyl (C=O) groups excluding carboxylic acids is 1. The van der Waals surface area contributed by atoms with Crippen molar-refractivity contribution in [2.45, 2.75) is 36.6 Å². The number of carbonyl (C=O) groups is 1. The third kappa shape index (κ3) is 6.26. The predicted octanol–water partition coefficient (Wildman–Crippen LogP) is 1.95. The van der Waals surface area contributed by atoms with Crippen LogP contribution in [0.5, 0.6) is 5.75 Å². The van der Waals surface area contributed by atoms with Crippen molar-refractivity contribution in [2.24, 2.45) is 0 Å². The summed E-state index contributed by atoms with van der Waals surface area (Å²) in [5, 5.41) is 2.53. The molecule has 0 heterocycles. The Bertz CT molecular complexity index is 1140. The standard InChI is InChI=1S/C20H27N3O6S2/c1-14(2)22-30(25,26)17-10-11-19(29-5)18(12-17)21-20(24)13-23(4)31(27,28)16-8-6-15(3)7-9-16/h6-12,14,22H,13H2,1-5H3,(H,21,24). The van der Waals surface area contributed by atoms with Crippen molar-refractivity contribution in [3.8, 4) is 5.75 Å². The van der Waals surface area contributed by atoms with E-state index in [0.717, 1.165) is 9.87 Å². The van der Waals surface area contributed by atoms with Crippen LogP contribution in [0.2, 0.25) is 0 Å². The Hall–Kier alpha value is -2.47. The van der Waals surface area contributed by atoms with Crippen LogP contribution in [0.1, 0.15) is 19.4 Å². The van der Waals surface area contributed by atoms with Gasteiger partial charge in [-0.3, -0.25) is 4.79 Å². The number of sulfonamides is 2. The van der Waals surface area contributed by atoms with Crippen LogP contribution in [0.25, 0.3) is 0 Å². The van der Waals surface area contributed by atoms with Crippen molar-refractivity contribution in [1.82, 2.24) is 9.03 Å². The Balaban J connectivity index is 2.22. The molecule has 9 nitrogen and oxygen atoms in total. The summed E-state index contributed by atoms with van der Waals surface area (Å²) < 4.78 is 58.8. The second-order valence-electron chi connectivity index (χ2n) is 7.26. The number of likely N-dealkylation sites (N-methyl/N-ethyl adjacent to an activating group) is 1. The van der Waals surface area contributed by atoms with E-state index in [-0.39, 0.29) is 27.3 Å². The summed E-state index contributed by atoms with van der Waals surface area (Å²) in [7, 11) is -4.99. The molecule has 170 valence electrons. The van der Waals surface area contributed by atoms with Crippen LogP contribution in [0.4, 0.5) is 5.69 Å². The molecule has 0 fully saturated rings. The van der Waals surface area contributed by atoms with E-state index in [1.54, 1.807) is 26.0 Å². The lowest BCUT2D eigenvalue weighted by molar-refractivity contribution is -0.116. The van der Waals surface area contributed by atoms with Crippen LogP contribution in [-0.4, -0.2) is 53.8 Å². The number of anilines is 1. The molecule has 0 aliphatic carbocycles. The highest BCUT2D eigenvalue weighted by molar-refractivity contribution is 7.89. The Morgan fingerprint density at radius 3 is 2.16 bits per heavy atom. The monoisotopic (exact) mass is 469 g/mol. The number of amides is 1. The number of benzene rings is 2. The van der Waals surface area contributed by atoms with Gasteiger partial charge in [0, 0.05) is 13.1 Å². The summed E-state index contributed by atoms with van der Waals surface area (Å²) in [5.74, 6) is -0.413. The van der Waals surface area contributed by atoms with E-state index in [4.69, 9.17) is 4.74 Å². The molecule has 0 bridgehead atoms. The van der Waals surface area contributed by atoms with Crippen molar-refractivity contribution < 1.29 is 26.4 Å². The van der Waals surface area contributed by atoms with Crippen LogP contribution < -0.4 is 14.8 Å². The molecular formula is C20H27N3O6S2. The first kappa shape index (κ1) is 24.8. The van der Waals surface area contributed by atoms with Gasteiger partial charge in [0.2, 0.25) is 26.0 Å². The average Bonchev–Trinajstić information content (AvgIpc) is 2.67. The van der Waals surface area contributed by atoms with Crippen LogP contribution in [-0.2, 0) is 24.8 Å². The summed E-state index contributed by atoms with van der Waals surface area (Å²) in [4.78, 5) is 12.5. The van der Waals surface area contributed by atoms with Crippen molar-refractivity contribution in [2.75, 3.05) is 26.0 Å². The van der Waals surface area contributed by atoms with E-state index in [9.17, 15) is 21.6 Å². The smallest absolute Gasteiger partial charge is 0.243 e. The van der Waals surface area contributed by atoms with E-state index in [2.05, 4.69) is 10.0 Å². The van der Waals surface area contributed by atoms with Gasteiger partial charge < -0.3 is 10.1 Å². The average molecular weight is 470 g/mol. The molecular weight excluding hydrogens is 442 g/mol. The number of rotatable bonds is 9. The Morgan fingerprint density at radius 1 is 1.03 bits per heavy atom. The van der Waals surface area contributed by atoms with Gasteiger partial charge in [-0.2, -0.15) is 4.31 Å². The molecule has 0 unspecified atom stereocenters. The molecule has 0 aliphatic rings. The zero-order chi connectivity index (χ0) is 23.4. The summed E-state index contributed by atoms with van der Waals surface area (Å²) in [6.45, 7) is 4.74. The number of methoxy groups -OCH3 is 1. The van der Waals surface area contributed by atoms with E-state index in [1.165, 1.54) is 44.5 Å². The fraction of sp³-hybridized carbons (Fsp3) is 0.350. The summed E-state index contributed by atoms with van der Waals surface area (Å²) in [5.41, 5.74) is 1.02. The van der Waals surface area contributed by atoms with Gasteiger partial charge in [-0.25, -0.2) is 21.6 Å². The first-order valence-electron chi connectivity index (χ1n) is 9.40. The molecule has 11 heteroatoms. The van der Waals surface area contributed by atoms with Crippen LogP contribution >= 0.6 is 0 Å². The zero-order valence-corrected chi connectivity index (χ0v) is 19.7. The summed E-state index contributed by atoms with van der Waals surface area (Å²) in [6, 6.07) is 9.99. The molecule has 1 amide bonds. The van der Waals surface area contributed by atoms with Gasteiger partial charge in [0.15, 0.2) is 0 Å². The molecule has 2 aromatic carbocycles. The van der Waals surface area contributed by atoms with Gasteiger partial charge in [-0.15, -0.1) is 0 Å². The number of nitrogens with zero attached hydrogens (tertiary/aromatic N) is 1. The van der Waals surface area contributed by atoms with Crippen LogP contribution in [0.15, 0.2) is 52.3 Å². The van der Waals surface area contributed by atoms with Gasteiger partial charge in [0.05, 0.1) is 29.1 Å². The highest BCUT2D eigenvalue weighted by Gasteiger charge is 2.24. The lowest BCUT2D eigenvalue weighted by Crippen LogP contribution is -2.35. The molecule has 0 spiro atoms. The molecule has 0 aromatic heterocycles. The minimum absolute atomic E-state index is 0.0575. The van der Waals surface area contributed by atoms with Crippen LogP contribution in [0.3, 0.4) is 0 Å². The molecule has 31 heavy (non-hydrogen) atoms. The number of nitrogens with one attached hydrogen (secondary N) is 2. The molecule has 0 saturated heterocycles. The number of hydrogen-bond acceptors (Lipinski definition) is 6. The third-order valence-corrected chi connectivity index (χ3v) is 7.72. The number of hydrogen-bond donors (Lipinski definition) is 2. The second-order valence-corrected chi connectivity index (χ2v) is 11.0. The lowest BCUT2D eigenvalue weighted by Gasteiger charge is -2.18. The number of ether oxygens (including phenoxy) is 1. The number of aryl methyl sites for hydroxylation is 1. The topological polar surface area (TPSA) is 122 Å². The highest BCUT2D eigenvalue weighted by Crippen LogP contribution is 2.27. The van der Waals surface area contributed by atoms with Gasteiger partial charge in [0.1, 0.15) is 5.75 Å². The molecule has 2 aromatic rings. The zero-order valence-electron chi connectivity index (χ0n) is 18.0. The van der Waals surface area contributed by atoms with Gasteiger partial charge in [-0.05, 0) is 51.1 Å². The summed E-state index contributed by atoms with van der Waals surface area (Å²) in [6.07, 6.45) is 0. The Labute approximate surface area is 183 Å². The maximum absolute atomic E-state index is 12.7. The van der Waals surface area contributed by atoms with E-state index < -0.39 is 32.5 Å². The molecule has 0 atom stereocenters. The SMILES string of the molecule is COc1ccc(S(=O)(=O)NC(C)C)cc1NC(=O)CN(C)S(=O)(=O)c1ccc(C)cc1. The van der Waals surface area contributed by atoms with E-state index in [1.807, 2.05) is 6.92 Å². The molecule has 2 N–H and O–H groups in total. The molecule has 2 rings (SSSR count). The predicted molar refractivity (Wildman–Crippen MR) is 118 cm³/mol. The molecule has 0 saturated carbocycles. The third-order valence-electron chi connectivity index (χ3n) is 4.24. The van der Waals surface area contributed by atoms with Crippen molar-refractivity contribution in [3.63, 3.8) is 0 Å². The van der Waals surface area contributed by atoms with Gasteiger partial charge in [0.25, 0.3) is 0 Å². The highest BCUT2D eigenvalue weighted by atomic mass is 32.2. The molecule has 0 aliphatic heterocycles. The van der Waals surface area contributed by atoms with E-state index in [0.29, 0.717) is 0 Å². The Kier molecular flexibility index (Phi) is 7.82. The Morgan fingerprint density at radius 2 is 1.61 bits per heavy atom. The first-order chi connectivity index (χ1) is 14.4.